The number of rotatable bonds is 5. The highest BCUT2D eigenvalue weighted by atomic mass is 35.5. The lowest BCUT2D eigenvalue weighted by Gasteiger charge is -2.04. The normalized spacial score (nSPS) is 10.4. The lowest BCUT2D eigenvalue weighted by Crippen LogP contribution is -2.21. The highest BCUT2D eigenvalue weighted by Gasteiger charge is 2.14. The number of amides is 1. The number of anilines is 1. The molecule has 0 aliphatic heterocycles. The van der Waals surface area contributed by atoms with Gasteiger partial charge in [0.2, 0.25) is 5.88 Å². The lowest BCUT2D eigenvalue weighted by molar-refractivity contribution is -0.119. The zero-order valence-electron chi connectivity index (χ0n) is 13.7. The van der Waals surface area contributed by atoms with Gasteiger partial charge in [-0.05, 0) is 19.1 Å². The van der Waals surface area contributed by atoms with Crippen LogP contribution in [0.5, 0.6) is 0 Å². The fourth-order valence-corrected chi connectivity index (χ4v) is 2.25. The minimum Gasteiger partial charge on any atom is -0.451 e. The molecule has 1 N–H and O–H groups in total. The largest absolute Gasteiger partial charge is 0.451 e. The van der Waals surface area contributed by atoms with Crippen molar-refractivity contribution in [2.24, 2.45) is 0 Å². The zero-order chi connectivity index (χ0) is 18.5. The molecule has 3 aromatic rings. The first-order valence-corrected chi connectivity index (χ1v) is 8.01. The second-order valence-corrected chi connectivity index (χ2v) is 5.86. The smallest absolute Gasteiger partial charge is 0.357 e. The predicted molar refractivity (Wildman–Crippen MR) is 94.8 cm³/mol. The Hall–Kier alpha value is -3.19. The number of ether oxygens (including phenoxy) is 1. The van der Waals surface area contributed by atoms with Crippen molar-refractivity contribution in [1.29, 1.82) is 0 Å². The first kappa shape index (κ1) is 17.6. The second-order valence-electron chi connectivity index (χ2n) is 5.43. The Bertz CT molecular complexity index is 938. The molecule has 3 rings (SSSR count). The standard InChI is InChI=1S/C18H14ClN3O4/c1-11-2-4-12(5-3-11)14-9-17(26-22-14)21-16(23)10-25-18(24)15-8-13(19)6-7-20-15/h2-9H,10H2,1H3,(H,21,23). The molecule has 8 heteroatoms. The number of aryl methyl sites for hydroxylation is 1. The van der Waals surface area contributed by atoms with E-state index in [4.69, 9.17) is 20.9 Å². The number of hydrogen-bond acceptors (Lipinski definition) is 6. The topological polar surface area (TPSA) is 94.3 Å². The van der Waals surface area contributed by atoms with Gasteiger partial charge in [-0.2, -0.15) is 0 Å². The van der Waals surface area contributed by atoms with Crippen LogP contribution in [-0.2, 0) is 9.53 Å². The Balaban J connectivity index is 1.55. The summed E-state index contributed by atoms with van der Waals surface area (Å²) in [5.74, 6) is -1.16. The number of pyridine rings is 1. The summed E-state index contributed by atoms with van der Waals surface area (Å²) in [5.41, 5.74) is 2.59. The van der Waals surface area contributed by atoms with E-state index in [-0.39, 0.29) is 11.6 Å². The van der Waals surface area contributed by atoms with Crippen molar-refractivity contribution in [2.45, 2.75) is 6.92 Å². The van der Waals surface area contributed by atoms with Crippen molar-refractivity contribution in [3.8, 4) is 11.3 Å². The number of benzene rings is 1. The van der Waals surface area contributed by atoms with E-state index in [2.05, 4.69) is 15.5 Å². The van der Waals surface area contributed by atoms with Crippen LogP contribution in [0.3, 0.4) is 0 Å². The van der Waals surface area contributed by atoms with E-state index in [1.165, 1.54) is 18.3 Å². The van der Waals surface area contributed by atoms with Crippen molar-refractivity contribution in [3.05, 3.63) is 64.9 Å². The van der Waals surface area contributed by atoms with Crippen molar-refractivity contribution in [2.75, 3.05) is 11.9 Å². The van der Waals surface area contributed by atoms with Crippen molar-refractivity contribution >= 4 is 29.4 Å². The Morgan fingerprint density at radius 1 is 1.19 bits per heavy atom. The summed E-state index contributed by atoms with van der Waals surface area (Å²) in [4.78, 5) is 27.5. The number of carbonyl (C=O) groups is 2. The zero-order valence-corrected chi connectivity index (χ0v) is 14.5. The van der Waals surface area contributed by atoms with Crippen molar-refractivity contribution in [1.82, 2.24) is 10.1 Å². The Labute approximate surface area is 153 Å². The summed E-state index contributed by atoms with van der Waals surface area (Å²) in [6, 6.07) is 12.2. The summed E-state index contributed by atoms with van der Waals surface area (Å²) >= 11 is 5.77. The van der Waals surface area contributed by atoms with Gasteiger partial charge in [0.25, 0.3) is 5.91 Å². The van der Waals surface area contributed by atoms with Gasteiger partial charge < -0.3 is 9.26 Å². The van der Waals surface area contributed by atoms with Crippen LogP contribution in [0.15, 0.2) is 53.2 Å². The Morgan fingerprint density at radius 2 is 1.96 bits per heavy atom. The molecular weight excluding hydrogens is 358 g/mol. The molecule has 0 radical (unpaired) electrons. The van der Waals surface area contributed by atoms with E-state index in [9.17, 15) is 9.59 Å². The van der Waals surface area contributed by atoms with Crippen molar-refractivity contribution < 1.29 is 18.8 Å². The summed E-state index contributed by atoms with van der Waals surface area (Å²) in [6.45, 7) is 1.49. The van der Waals surface area contributed by atoms with E-state index in [1.807, 2.05) is 31.2 Å². The first-order chi connectivity index (χ1) is 12.5. The summed E-state index contributed by atoms with van der Waals surface area (Å²) in [6.07, 6.45) is 1.38. The molecule has 0 aliphatic rings. The number of esters is 1. The number of hydrogen-bond donors (Lipinski definition) is 1. The summed E-state index contributed by atoms with van der Waals surface area (Å²) in [7, 11) is 0. The van der Waals surface area contributed by atoms with E-state index in [0.717, 1.165) is 11.1 Å². The fourth-order valence-electron chi connectivity index (χ4n) is 2.09. The summed E-state index contributed by atoms with van der Waals surface area (Å²) in [5, 5.41) is 6.72. The molecule has 0 saturated carbocycles. The second kappa shape index (κ2) is 7.79. The van der Waals surface area contributed by atoms with Gasteiger partial charge in [-0.15, -0.1) is 0 Å². The highest BCUT2D eigenvalue weighted by molar-refractivity contribution is 6.30. The maximum absolute atomic E-state index is 11.9. The molecule has 7 nitrogen and oxygen atoms in total. The number of carbonyl (C=O) groups excluding carboxylic acids is 2. The number of halogens is 1. The van der Waals surface area contributed by atoms with Crippen LogP contribution >= 0.6 is 11.6 Å². The minimum atomic E-state index is -0.749. The molecule has 0 spiro atoms. The quantitative estimate of drug-likeness (QED) is 0.690. The van der Waals surface area contributed by atoms with Crippen LogP contribution < -0.4 is 5.32 Å². The third-order valence-corrected chi connectivity index (χ3v) is 3.62. The molecule has 2 heterocycles. The molecule has 0 atom stereocenters. The van der Waals surface area contributed by atoms with Crippen LogP contribution in [0.4, 0.5) is 5.88 Å². The first-order valence-electron chi connectivity index (χ1n) is 7.63. The third-order valence-electron chi connectivity index (χ3n) is 3.39. The van der Waals surface area contributed by atoms with Gasteiger partial charge in [-0.1, -0.05) is 46.6 Å². The molecule has 0 aliphatic carbocycles. The van der Waals surface area contributed by atoms with Gasteiger partial charge in [-0.3, -0.25) is 10.1 Å². The van der Waals surface area contributed by atoms with Gasteiger partial charge in [0.05, 0.1) is 0 Å². The van der Waals surface area contributed by atoms with Crippen LogP contribution in [-0.4, -0.2) is 28.6 Å². The predicted octanol–water partition coefficient (Wildman–Crippen LogP) is 3.49. The SMILES string of the molecule is Cc1ccc(-c2cc(NC(=O)COC(=O)c3cc(Cl)ccn3)on2)cc1. The lowest BCUT2D eigenvalue weighted by atomic mass is 10.1. The Morgan fingerprint density at radius 3 is 2.69 bits per heavy atom. The molecule has 132 valence electrons. The summed E-state index contributed by atoms with van der Waals surface area (Å²) < 4.78 is 9.96. The Kier molecular flexibility index (Phi) is 5.28. The minimum absolute atomic E-state index is 0.0200. The van der Waals surface area contributed by atoms with E-state index in [0.29, 0.717) is 10.7 Å². The molecule has 2 aromatic heterocycles. The number of nitrogens with zero attached hydrogens (tertiary/aromatic N) is 2. The molecular formula is C18H14ClN3O4. The van der Waals surface area contributed by atoms with Gasteiger partial charge in [0, 0.05) is 22.8 Å². The van der Waals surface area contributed by atoms with Crippen molar-refractivity contribution in [3.63, 3.8) is 0 Å². The van der Waals surface area contributed by atoms with Crippen LogP contribution in [0.25, 0.3) is 11.3 Å². The van der Waals surface area contributed by atoms with Crippen LogP contribution in [0, 0.1) is 6.92 Å². The molecule has 26 heavy (non-hydrogen) atoms. The van der Waals surface area contributed by atoms with Crippen LogP contribution in [0.2, 0.25) is 5.02 Å². The maximum atomic E-state index is 11.9. The fraction of sp³-hybridized carbons (Fsp3) is 0.111. The molecule has 0 fully saturated rings. The third kappa shape index (κ3) is 4.46. The molecule has 1 amide bonds. The molecule has 0 saturated heterocycles. The number of nitrogens with one attached hydrogen (secondary N) is 1. The maximum Gasteiger partial charge on any atom is 0.357 e. The van der Waals surface area contributed by atoms with E-state index >= 15 is 0 Å². The molecule has 1 aromatic carbocycles. The van der Waals surface area contributed by atoms with Gasteiger partial charge >= 0.3 is 5.97 Å². The number of aromatic nitrogens is 2. The average Bonchev–Trinajstić information content (AvgIpc) is 3.08. The van der Waals surface area contributed by atoms with Gasteiger partial charge in [0.1, 0.15) is 11.4 Å². The monoisotopic (exact) mass is 371 g/mol. The van der Waals surface area contributed by atoms with Gasteiger partial charge in [-0.25, -0.2) is 9.78 Å². The van der Waals surface area contributed by atoms with E-state index < -0.39 is 18.5 Å². The van der Waals surface area contributed by atoms with Gasteiger partial charge in [0.15, 0.2) is 6.61 Å². The molecule has 0 bridgehead atoms. The molecule has 0 unspecified atom stereocenters. The average molecular weight is 372 g/mol. The van der Waals surface area contributed by atoms with Crippen LogP contribution in [0.1, 0.15) is 16.1 Å². The highest BCUT2D eigenvalue weighted by Crippen LogP contribution is 2.22. The van der Waals surface area contributed by atoms with E-state index in [1.54, 1.807) is 6.07 Å².